The molecule has 0 bridgehead atoms. The van der Waals surface area contributed by atoms with Crippen molar-refractivity contribution in [2.24, 2.45) is 5.11 Å². The van der Waals surface area contributed by atoms with Crippen LogP contribution in [-0.4, -0.2) is 66.9 Å². The molecule has 5 rings (SSSR count). The lowest BCUT2D eigenvalue weighted by molar-refractivity contribution is -0.509. The molecule has 2 aromatic carbocycles. The van der Waals surface area contributed by atoms with E-state index < -0.39 is 18.1 Å². The Morgan fingerprint density at radius 3 is 2.58 bits per heavy atom. The summed E-state index contributed by atoms with van der Waals surface area (Å²) >= 11 is 0. The number of nitrogens with zero attached hydrogens (tertiary/aromatic N) is 5. The lowest BCUT2D eigenvalue weighted by atomic mass is 10.2. The van der Waals surface area contributed by atoms with Gasteiger partial charge in [0, 0.05) is 36.1 Å². The smallest absolute Gasteiger partial charge is 0.497 e. The Hall–Kier alpha value is -3.75. The largest absolute Gasteiger partial charge is 0.502 e. The molecule has 158 valence electrons. The molecule has 3 aliphatic rings. The van der Waals surface area contributed by atoms with Gasteiger partial charge < -0.3 is 14.5 Å². The minimum Gasteiger partial charge on any atom is -0.497 e. The van der Waals surface area contributed by atoms with Crippen LogP contribution in [0.15, 0.2) is 53.6 Å². The van der Waals surface area contributed by atoms with Crippen LogP contribution in [0.3, 0.4) is 0 Å². The number of carbonyl (C=O) groups excluding carboxylic acids is 3. The van der Waals surface area contributed by atoms with Gasteiger partial charge in [0.05, 0.1) is 7.11 Å². The van der Waals surface area contributed by atoms with Crippen LogP contribution < -0.4 is 14.5 Å². The van der Waals surface area contributed by atoms with E-state index in [-0.39, 0.29) is 12.5 Å². The first-order chi connectivity index (χ1) is 15.1. The number of carbonyl (C=O) groups is 3. The number of fused-ring (bicyclic) bond motifs is 2. The van der Waals surface area contributed by atoms with E-state index in [1.165, 1.54) is 4.90 Å². The van der Waals surface area contributed by atoms with Gasteiger partial charge in [-0.05, 0) is 47.0 Å². The zero-order valence-electron chi connectivity index (χ0n) is 17.1. The number of amides is 3. The molecular weight excluding hydrogens is 398 g/mol. The van der Waals surface area contributed by atoms with Crippen molar-refractivity contribution in [3.8, 4) is 5.75 Å². The summed E-state index contributed by atoms with van der Waals surface area (Å²) in [7, 11) is 1.60. The van der Waals surface area contributed by atoms with Gasteiger partial charge in [0.2, 0.25) is 0 Å². The fraction of sp³-hybridized carbons (Fsp3) is 0.318. The van der Waals surface area contributed by atoms with Crippen LogP contribution in [-0.2, 0) is 20.8 Å². The van der Waals surface area contributed by atoms with Crippen molar-refractivity contribution in [3.63, 3.8) is 0 Å². The molecule has 0 spiro atoms. The van der Waals surface area contributed by atoms with Crippen molar-refractivity contribution in [1.82, 2.24) is 4.90 Å². The Labute approximate surface area is 179 Å². The zero-order chi connectivity index (χ0) is 21.5. The van der Waals surface area contributed by atoms with Crippen LogP contribution in [0.2, 0.25) is 0 Å². The summed E-state index contributed by atoms with van der Waals surface area (Å²) in [6.07, 6.45) is 0.116. The average molecular weight is 420 g/mol. The molecule has 0 radical (unpaired) electrons. The molecule has 1 unspecified atom stereocenters. The van der Waals surface area contributed by atoms with Crippen molar-refractivity contribution in [1.29, 1.82) is 0 Å². The highest BCUT2D eigenvalue weighted by Gasteiger charge is 2.50. The van der Waals surface area contributed by atoms with Crippen LogP contribution in [0.25, 0.3) is 0 Å². The monoisotopic (exact) mass is 420 g/mol. The van der Waals surface area contributed by atoms with Crippen LogP contribution in [0.4, 0.5) is 11.4 Å². The zero-order valence-corrected chi connectivity index (χ0v) is 17.1. The molecule has 3 aliphatic heterocycles. The van der Waals surface area contributed by atoms with Crippen molar-refractivity contribution >= 4 is 29.1 Å². The number of hydrogen-bond donors (Lipinski definition) is 0. The Morgan fingerprint density at radius 2 is 1.81 bits per heavy atom. The lowest BCUT2D eigenvalue weighted by Gasteiger charge is -2.27. The second-order valence-electron chi connectivity index (χ2n) is 7.64. The van der Waals surface area contributed by atoms with Crippen molar-refractivity contribution < 1.29 is 23.8 Å². The number of azo groups is 2. The SMILES string of the molecule is COc1ccc(N2CCN3C(=O)C(=O)[N+](CC(=O)N4CCc5ccccc54)=NC32)cc1. The van der Waals surface area contributed by atoms with E-state index in [9.17, 15) is 14.4 Å². The van der Waals surface area contributed by atoms with E-state index in [4.69, 9.17) is 4.74 Å². The summed E-state index contributed by atoms with van der Waals surface area (Å²) < 4.78 is 6.23. The molecule has 3 heterocycles. The average Bonchev–Trinajstić information content (AvgIpc) is 3.42. The van der Waals surface area contributed by atoms with Crippen LogP contribution >= 0.6 is 0 Å². The third kappa shape index (κ3) is 3.22. The van der Waals surface area contributed by atoms with E-state index in [0.29, 0.717) is 19.6 Å². The fourth-order valence-corrected chi connectivity index (χ4v) is 4.32. The number of anilines is 2. The molecular formula is C22H22N5O4+. The van der Waals surface area contributed by atoms with Gasteiger partial charge in [-0.25, -0.2) is 4.79 Å². The number of hydrogen-bond acceptors (Lipinski definition) is 6. The van der Waals surface area contributed by atoms with Gasteiger partial charge in [0.15, 0.2) is 0 Å². The van der Waals surface area contributed by atoms with Gasteiger partial charge in [0.1, 0.15) is 5.75 Å². The van der Waals surface area contributed by atoms with Gasteiger partial charge in [-0.1, -0.05) is 18.2 Å². The van der Waals surface area contributed by atoms with E-state index in [1.54, 1.807) is 12.0 Å². The predicted octanol–water partition coefficient (Wildman–Crippen LogP) is 1.22. The minimum absolute atomic E-state index is 0.253. The van der Waals surface area contributed by atoms with Crippen molar-refractivity contribution in [3.05, 3.63) is 54.1 Å². The number of methoxy groups -OCH3 is 1. The molecule has 1 fully saturated rings. The number of para-hydroxylation sites is 1. The molecule has 3 amide bonds. The van der Waals surface area contributed by atoms with E-state index in [0.717, 1.165) is 33.8 Å². The van der Waals surface area contributed by atoms with Gasteiger partial charge in [0.25, 0.3) is 18.7 Å². The second kappa shape index (κ2) is 7.50. The molecule has 0 aromatic heterocycles. The predicted molar refractivity (Wildman–Crippen MR) is 111 cm³/mol. The van der Waals surface area contributed by atoms with Gasteiger partial charge in [-0.15, -0.1) is 0 Å². The summed E-state index contributed by atoms with van der Waals surface area (Å²) in [5, 5.41) is 4.48. The normalized spacial score (nSPS) is 20.0. The Balaban J connectivity index is 1.40. The summed E-state index contributed by atoms with van der Waals surface area (Å²) in [5.41, 5.74) is 2.81. The summed E-state index contributed by atoms with van der Waals surface area (Å²) in [5.74, 6) is -0.929. The first-order valence-corrected chi connectivity index (χ1v) is 10.2. The molecule has 9 nitrogen and oxygen atoms in total. The molecule has 2 aromatic rings. The molecule has 9 heteroatoms. The maximum absolute atomic E-state index is 13.0. The van der Waals surface area contributed by atoms with Crippen molar-refractivity contribution in [2.45, 2.75) is 12.7 Å². The Bertz CT molecular complexity index is 1100. The highest BCUT2D eigenvalue weighted by Crippen LogP contribution is 2.30. The standard InChI is InChI=1S/C22H22N5O4/c1-31-17-8-6-16(7-9-17)24-12-13-26-20(29)21(30)27(23-22(24)26)14-19(28)25-11-10-15-4-2-3-5-18(15)25/h2-9,22H,10-14H2,1H3/q+1. The third-order valence-electron chi connectivity index (χ3n) is 5.94. The fourth-order valence-electron chi connectivity index (χ4n) is 4.32. The second-order valence-corrected chi connectivity index (χ2v) is 7.64. The van der Waals surface area contributed by atoms with Gasteiger partial charge in [-0.2, -0.15) is 0 Å². The quantitative estimate of drug-likeness (QED) is 0.549. The summed E-state index contributed by atoms with van der Waals surface area (Å²) in [4.78, 5) is 43.3. The van der Waals surface area contributed by atoms with Crippen molar-refractivity contribution in [2.75, 3.05) is 43.1 Å². The number of ether oxygens (including phenoxy) is 1. The Morgan fingerprint density at radius 1 is 1.06 bits per heavy atom. The minimum atomic E-state index is -0.770. The van der Waals surface area contributed by atoms with Gasteiger partial charge in [-0.3, -0.25) is 14.5 Å². The van der Waals surface area contributed by atoms with Crippen LogP contribution in [0.1, 0.15) is 5.56 Å². The molecule has 1 atom stereocenters. The first kappa shape index (κ1) is 19.2. The molecule has 1 saturated heterocycles. The molecule has 0 saturated carbocycles. The maximum Gasteiger partial charge on any atom is 0.502 e. The highest BCUT2D eigenvalue weighted by molar-refractivity contribution is 6.32. The van der Waals surface area contributed by atoms with Crippen LogP contribution in [0.5, 0.6) is 5.75 Å². The molecule has 31 heavy (non-hydrogen) atoms. The number of benzene rings is 2. The van der Waals surface area contributed by atoms with Gasteiger partial charge >= 0.3 is 11.8 Å². The van der Waals surface area contributed by atoms with E-state index in [2.05, 4.69) is 5.11 Å². The summed E-state index contributed by atoms with van der Waals surface area (Å²) in [6, 6.07) is 15.1. The number of rotatable bonds is 4. The maximum atomic E-state index is 13.0. The van der Waals surface area contributed by atoms with E-state index in [1.807, 2.05) is 53.4 Å². The Kier molecular flexibility index (Phi) is 4.65. The van der Waals surface area contributed by atoms with Crippen LogP contribution in [0, 0.1) is 0 Å². The van der Waals surface area contributed by atoms with E-state index >= 15 is 0 Å². The molecule has 0 aliphatic carbocycles. The topological polar surface area (TPSA) is 85.5 Å². The lowest BCUT2D eigenvalue weighted by Crippen LogP contribution is -2.53. The summed E-state index contributed by atoms with van der Waals surface area (Å²) in [6.45, 7) is 1.23. The third-order valence-corrected chi connectivity index (χ3v) is 5.94. The highest BCUT2D eigenvalue weighted by atomic mass is 16.5. The molecule has 0 N–H and O–H groups in total. The first-order valence-electron chi connectivity index (χ1n) is 10.2.